The number of esters is 2. The molecule has 3 N–H and O–H groups in total. The van der Waals surface area contributed by atoms with Crippen LogP contribution in [0.1, 0.15) is 62.3 Å². The normalized spacial score (nSPS) is 12.7. The number of carboxylic acids is 1. The Morgan fingerprint density at radius 1 is 0.861 bits per heavy atom. The zero-order valence-electron chi connectivity index (χ0n) is 22.6. The van der Waals surface area contributed by atoms with Gasteiger partial charge in [0, 0.05) is 0 Å². The zero-order valence-corrected chi connectivity index (χ0v) is 22.6. The van der Waals surface area contributed by atoms with Crippen LogP contribution in [-0.4, -0.2) is 84.8 Å². The van der Waals surface area contributed by atoms with E-state index in [4.69, 9.17) is 19.3 Å². The number of methoxy groups -OCH3 is 1. The van der Waals surface area contributed by atoms with Gasteiger partial charge in [-0.1, -0.05) is 0 Å². The second-order valence-corrected chi connectivity index (χ2v) is 9.95. The number of cyclic esters (lactones) is 1. The van der Waals surface area contributed by atoms with Gasteiger partial charge < -0.3 is 39.4 Å². The summed E-state index contributed by atoms with van der Waals surface area (Å²) >= 11 is 0. The Kier molecular flexibility index (Phi) is 14.8. The van der Waals surface area contributed by atoms with Gasteiger partial charge >= 0.3 is 36.2 Å². The number of nitrogens with one attached hydrogen (secondary N) is 2. The number of hydrogen-bond acceptors (Lipinski definition) is 11. The van der Waals surface area contributed by atoms with E-state index in [1.54, 1.807) is 41.5 Å². The van der Waals surface area contributed by atoms with Gasteiger partial charge in [-0.2, -0.15) is 0 Å². The van der Waals surface area contributed by atoms with Crippen LogP contribution in [-0.2, 0) is 38.1 Å². The Hall–Kier alpha value is -3.58. The van der Waals surface area contributed by atoms with E-state index < -0.39 is 41.9 Å². The molecule has 0 bridgehead atoms. The van der Waals surface area contributed by atoms with Crippen LogP contribution >= 0.6 is 0 Å². The van der Waals surface area contributed by atoms with Crippen LogP contribution in [0.15, 0.2) is 4.99 Å². The number of rotatable bonds is 4. The third-order valence-electron chi connectivity index (χ3n) is 2.72. The van der Waals surface area contributed by atoms with Crippen molar-refractivity contribution in [3.8, 4) is 0 Å². The number of hydrogen-bond donors (Lipinski definition) is 3. The van der Waals surface area contributed by atoms with Crippen molar-refractivity contribution >= 4 is 36.2 Å². The molecule has 1 heterocycles. The lowest BCUT2D eigenvalue weighted by Crippen LogP contribution is -2.35. The Morgan fingerprint density at radius 3 is 1.61 bits per heavy atom. The summed E-state index contributed by atoms with van der Waals surface area (Å²) in [7, 11) is 1.25. The fourth-order valence-electron chi connectivity index (χ4n) is 1.60. The van der Waals surface area contributed by atoms with Crippen LogP contribution in [0.25, 0.3) is 0 Å². The highest BCUT2D eigenvalue weighted by molar-refractivity contribution is 5.91. The molecule has 0 aromatic carbocycles. The Labute approximate surface area is 211 Å². The highest BCUT2D eigenvalue weighted by Gasteiger charge is 2.23. The van der Waals surface area contributed by atoms with Crippen molar-refractivity contribution in [3.63, 3.8) is 0 Å². The highest BCUT2D eigenvalue weighted by Crippen LogP contribution is 2.10. The molecule has 14 heteroatoms. The van der Waals surface area contributed by atoms with Gasteiger partial charge in [-0.3, -0.25) is 9.59 Å². The van der Waals surface area contributed by atoms with E-state index >= 15 is 0 Å². The van der Waals surface area contributed by atoms with E-state index in [9.17, 15) is 24.0 Å². The molecular formula is C22H39N3O11. The summed E-state index contributed by atoms with van der Waals surface area (Å²) < 4.78 is 23.8. The maximum absolute atomic E-state index is 10.9. The van der Waals surface area contributed by atoms with Gasteiger partial charge in [0.1, 0.15) is 36.4 Å². The fourth-order valence-corrected chi connectivity index (χ4v) is 1.60. The van der Waals surface area contributed by atoms with Gasteiger partial charge in [-0.05, 0) is 62.3 Å². The third kappa shape index (κ3) is 25.1. The van der Waals surface area contributed by atoms with Gasteiger partial charge in [0.2, 0.25) is 0 Å². The predicted molar refractivity (Wildman–Crippen MR) is 127 cm³/mol. The lowest BCUT2D eigenvalue weighted by atomic mass is 10.2. The smallest absolute Gasteiger partial charge is 0.408 e. The minimum Gasteiger partial charge on any atom is -0.480 e. The lowest BCUT2D eigenvalue weighted by molar-refractivity contribution is -0.139. The summed E-state index contributed by atoms with van der Waals surface area (Å²) in [6.07, 6.45) is -1.26. The molecule has 0 radical (unpaired) electrons. The summed E-state index contributed by atoms with van der Waals surface area (Å²) in [6.45, 7) is 15.4. The first-order chi connectivity index (χ1) is 16.1. The van der Waals surface area contributed by atoms with Crippen molar-refractivity contribution in [1.82, 2.24) is 10.6 Å². The summed E-state index contributed by atoms with van der Waals surface area (Å²) in [5, 5.41) is 12.5. The summed E-state index contributed by atoms with van der Waals surface area (Å²) in [4.78, 5) is 56.5. The quantitative estimate of drug-likeness (QED) is 0.362. The maximum atomic E-state index is 10.9. The van der Waals surface area contributed by atoms with Crippen molar-refractivity contribution in [2.45, 2.75) is 79.1 Å². The summed E-state index contributed by atoms with van der Waals surface area (Å²) in [5.74, 6) is -1.96. The summed E-state index contributed by atoms with van der Waals surface area (Å²) in [5.41, 5.74) is -1.51. The number of ether oxygens (including phenoxy) is 5. The Bertz CT molecular complexity index is 789. The van der Waals surface area contributed by atoms with Crippen molar-refractivity contribution in [3.05, 3.63) is 0 Å². The molecule has 1 aliphatic heterocycles. The van der Waals surface area contributed by atoms with Crippen LogP contribution in [0.5, 0.6) is 0 Å². The minimum absolute atomic E-state index is 0.0748. The first-order valence-corrected chi connectivity index (χ1v) is 10.8. The van der Waals surface area contributed by atoms with E-state index in [2.05, 4.69) is 25.1 Å². The standard InChI is InChI=1S/C8H15NO4.C7H13NO4.C7H11NO3/c1-8(2,3)13-7(11)9-5-6(10)12-4;1-7(2,3)12-6(11)8-4-5(9)10;1-7(2,3)11-6-8-4-5(9)10-6/h5H2,1-4H3,(H,9,11);4H2,1-3H3,(H,8,11)(H,9,10);4H2,1-3H3. The number of alkyl carbamates (subject to hydrolysis) is 2. The monoisotopic (exact) mass is 521 g/mol. The molecule has 0 atom stereocenters. The fraction of sp³-hybridized carbons (Fsp3) is 0.727. The van der Waals surface area contributed by atoms with Crippen molar-refractivity contribution in [2.75, 3.05) is 26.7 Å². The molecular weight excluding hydrogens is 482 g/mol. The largest absolute Gasteiger partial charge is 0.480 e. The predicted octanol–water partition coefficient (Wildman–Crippen LogP) is 1.99. The van der Waals surface area contributed by atoms with E-state index in [1.165, 1.54) is 7.11 Å². The van der Waals surface area contributed by atoms with E-state index in [0.29, 0.717) is 0 Å². The molecule has 1 rings (SSSR count). The molecule has 0 fully saturated rings. The average Bonchev–Trinajstić information content (AvgIpc) is 3.05. The molecule has 0 saturated heterocycles. The molecule has 36 heavy (non-hydrogen) atoms. The second kappa shape index (κ2) is 15.4. The number of carbonyl (C=O) groups is 5. The number of aliphatic carboxylic acids is 1. The Morgan fingerprint density at radius 2 is 1.31 bits per heavy atom. The van der Waals surface area contributed by atoms with Gasteiger partial charge in [0.15, 0.2) is 0 Å². The van der Waals surface area contributed by atoms with Crippen LogP contribution in [0, 0.1) is 0 Å². The number of amides is 2. The number of carboxylic acid groups (broad SMARTS) is 1. The van der Waals surface area contributed by atoms with Gasteiger partial charge in [0.05, 0.1) is 7.11 Å². The van der Waals surface area contributed by atoms with Gasteiger partial charge in [-0.25, -0.2) is 19.4 Å². The lowest BCUT2D eigenvalue weighted by Gasteiger charge is -2.19. The number of carbonyl (C=O) groups excluding carboxylic acids is 4. The SMILES string of the molecule is CC(C)(C)OC(=O)NCC(=O)O.CC(C)(C)OC1=NCC(=O)O1.COC(=O)CNC(=O)OC(C)(C)C. The van der Waals surface area contributed by atoms with E-state index in [1.807, 2.05) is 20.8 Å². The van der Waals surface area contributed by atoms with Crippen LogP contribution in [0.3, 0.4) is 0 Å². The zero-order chi connectivity index (χ0) is 28.7. The maximum Gasteiger partial charge on any atom is 0.408 e. The van der Waals surface area contributed by atoms with Crippen LogP contribution in [0.2, 0.25) is 0 Å². The molecule has 0 aromatic heterocycles. The second-order valence-electron chi connectivity index (χ2n) is 9.95. The molecule has 0 saturated carbocycles. The first kappa shape index (κ1) is 34.6. The van der Waals surface area contributed by atoms with Crippen LogP contribution in [0.4, 0.5) is 9.59 Å². The molecule has 208 valence electrons. The molecule has 1 aliphatic rings. The summed E-state index contributed by atoms with van der Waals surface area (Å²) in [6, 6.07) is 0. The van der Waals surface area contributed by atoms with Crippen molar-refractivity contribution in [2.24, 2.45) is 4.99 Å². The molecule has 0 aromatic rings. The molecule has 0 aliphatic carbocycles. The molecule has 2 amide bonds. The van der Waals surface area contributed by atoms with Crippen molar-refractivity contribution < 1.29 is 52.8 Å². The molecule has 0 unspecified atom stereocenters. The molecule has 0 spiro atoms. The third-order valence-corrected chi connectivity index (χ3v) is 2.72. The highest BCUT2D eigenvalue weighted by atomic mass is 16.7. The van der Waals surface area contributed by atoms with Gasteiger partial charge in [-0.15, -0.1) is 0 Å². The van der Waals surface area contributed by atoms with Crippen molar-refractivity contribution in [1.29, 1.82) is 0 Å². The van der Waals surface area contributed by atoms with E-state index in [0.717, 1.165) is 0 Å². The van der Waals surface area contributed by atoms with E-state index in [-0.39, 0.29) is 30.7 Å². The van der Waals surface area contributed by atoms with Gasteiger partial charge in [0.25, 0.3) is 0 Å². The minimum atomic E-state index is -1.10. The number of aliphatic imine (C=N–C) groups is 1. The number of nitrogens with zero attached hydrogens (tertiary/aromatic N) is 1. The average molecular weight is 522 g/mol. The topological polar surface area (TPSA) is 188 Å². The Balaban J connectivity index is 0. The first-order valence-electron chi connectivity index (χ1n) is 10.8. The molecule has 14 nitrogen and oxygen atoms in total. The van der Waals surface area contributed by atoms with Crippen LogP contribution < -0.4 is 10.6 Å².